The quantitative estimate of drug-likeness (QED) is 0.479. The summed E-state index contributed by atoms with van der Waals surface area (Å²) in [5, 5.41) is 2.07. The Morgan fingerprint density at radius 2 is 1.96 bits per heavy atom. The largest absolute Gasteiger partial charge is 0.497 e. The van der Waals surface area contributed by atoms with E-state index in [-0.39, 0.29) is 5.78 Å². The highest BCUT2D eigenvalue weighted by Gasteiger charge is 2.11. The van der Waals surface area contributed by atoms with Crippen molar-refractivity contribution >= 4 is 28.4 Å². The van der Waals surface area contributed by atoms with Crippen LogP contribution in [-0.4, -0.2) is 23.6 Å². The Balaban J connectivity index is 1.80. The molecule has 3 rings (SSSR count). The molecule has 0 radical (unpaired) electrons. The van der Waals surface area contributed by atoms with Gasteiger partial charge in [0, 0.05) is 10.9 Å². The molecule has 1 heterocycles. The number of nitrogens with zero attached hydrogens (tertiary/aromatic N) is 1. The molecule has 3 aromatic rings. The summed E-state index contributed by atoms with van der Waals surface area (Å²) in [5.41, 5.74) is 2.81. The van der Waals surface area contributed by atoms with Crippen LogP contribution in [0.15, 0.2) is 59.6 Å². The lowest BCUT2D eigenvalue weighted by atomic mass is 10.1. The van der Waals surface area contributed by atoms with Gasteiger partial charge in [-0.2, -0.15) is 0 Å². The molecule has 0 amide bonds. The van der Waals surface area contributed by atoms with Crippen LogP contribution in [0.2, 0.25) is 0 Å². The van der Waals surface area contributed by atoms with Crippen LogP contribution in [0.25, 0.3) is 10.9 Å². The Labute approximate surface area is 146 Å². The second-order valence-corrected chi connectivity index (χ2v) is 6.41. The van der Waals surface area contributed by atoms with Crippen LogP contribution < -0.4 is 4.74 Å². The number of carbonyl (C=O) groups is 1. The number of rotatable bonds is 6. The molecular weight excluding hydrogens is 318 g/mol. The summed E-state index contributed by atoms with van der Waals surface area (Å²) in [5.74, 6) is 1.14. The second-order valence-electron chi connectivity index (χ2n) is 5.44. The Morgan fingerprint density at radius 1 is 1.12 bits per heavy atom. The van der Waals surface area contributed by atoms with Gasteiger partial charge in [0.1, 0.15) is 10.8 Å². The molecule has 0 atom stereocenters. The third-order valence-corrected chi connectivity index (χ3v) is 4.91. The first-order valence-electron chi connectivity index (χ1n) is 7.90. The molecule has 0 N–H and O–H groups in total. The van der Waals surface area contributed by atoms with Gasteiger partial charge in [0.25, 0.3) is 0 Å². The van der Waals surface area contributed by atoms with Gasteiger partial charge in [-0.3, -0.25) is 4.79 Å². The Hall–Kier alpha value is -2.33. The number of methoxy groups -OCH3 is 1. The zero-order valence-electron chi connectivity index (χ0n) is 13.8. The summed E-state index contributed by atoms with van der Waals surface area (Å²) < 4.78 is 5.18. The molecule has 0 saturated heterocycles. The number of pyridine rings is 1. The van der Waals surface area contributed by atoms with Gasteiger partial charge in [-0.1, -0.05) is 49.0 Å². The molecule has 0 spiro atoms. The van der Waals surface area contributed by atoms with Gasteiger partial charge in [-0.05, 0) is 36.2 Å². The van der Waals surface area contributed by atoms with Crippen molar-refractivity contribution in [3.8, 4) is 5.75 Å². The van der Waals surface area contributed by atoms with E-state index in [1.165, 1.54) is 17.3 Å². The number of thioether (sulfide) groups is 1. The van der Waals surface area contributed by atoms with Gasteiger partial charge in [0.2, 0.25) is 0 Å². The third-order valence-electron chi connectivity index (χ3n) is 3.88. The number of para-hydroxylation sites is 1. The number of fused-ring (bicyclic) bond motifs is 1. The van der Waals surface area contributed by atoms with Gasteiger partial charge in [0.05, 0.1) is 18.4 Å². The van der Waals surface area contributed by atoms with Gasteiger partial charge < -0.3 is 4.74 Å². The van der Waals surface area contributed by atoms with E-state index in [4.69, 9.17) is 9.72 Å². The molecule has 24 heavy (non-hydrogen) atoms. The number of ketones is 1. The van der Waals surface area contributed by atoms with Crippen molar-refractivity contribution in [1.82, 2.24) is 4.98 Å². The highest BCUT2D eigenvalue weighted by atomic mass is 32.2. The third kappa shape index (κ3) is 3.60. The number of Topliss-reactive ketones (excluding diaryl/α,β-unsaturated/α-hetero) is 1. The lowest BCUT2D eigenvalue weighted by molar-refractivity contribution is 0.102. The highest BCUT2D eigenvalue weighted by Crippen LogP contribution is 2.26. The predicted molar refractivity (Wildman–Crippen MR) is 99.2 cm³/mol. The number of aromatic nitrogens is 1. The van der Waals surface area contributed by atoms with Crippen LogP contribution >= 0.6 is 11.8 Å². The first-order valence-corrected chi connectivity index (χ1v) is 8.88. The summed E-state index contributed by atoms with van der Waals surface area (Å²) >= 11 is 1.50. The molecule has 0 aliphatic carbocycles. The molecule has 3 nitrogen and oxygen atoms in total. The van der Waals surface area contributed by atoms with Crippen LogP contribution in [-0.2, 0) is 6.42 Å². The van der Waals surface area contributed by atoms with Crippen molar-refractivity contribution in [2.75, 3.05) is 12.9 Å². The minimum absolute atomic E-state index is 0.0795. The minimum atomic E-state index is 0.0795. The summed E-state index contributed by atoms with van der Waals surface area (Å²) in [6.07, 6.45) is 0.896. The fraction of sp³-hybridized carbons (Fsp3) is 0.200. The number of carbonyl (C=O) groups excluding carboxylic acids is 1. The van der Waals surface area contributed by atoms with E-state index in [9.17, 15) is 4.79 Å². The summed E-state index contributed by atoms with van der Waals surface area (Å²) in [4.78, 5) is 17.2. The minimum Gasteiger partial charge on any atom is -0.497 e. The van der Waals surface area contributed by atoms with Gasteiger partial charge in [-0.25, -0.2) is 4.98 Å². The molecule has 1 aromatic heterocycles. The van der Waals surface area contributed by atoms with Crippen molar-refractivity contribution in [1.29, 1.82) is 0 Å². The molecule has 0 aliphatic heterocycles. The highest BCUT2D eigenvalue weighted by molar-refractivity contribution is 8.00. The van der Waals surface area contributed by atoms with Crippen molar-refractivity contribution in [2.24, 2.45) is 0 Å². The Morgan fingerprint density at radius 3 is 2.75 bits per heavy atom. The number of hydrogen-bond donors (Lipinski definition) is 0. The summed E-state index contributed by atoms with van der Waals surface area (Å²) in [7, 11) is 1.60. The molecular formula is C20H19NO2S. The van der Waals surface area contributed by atoms with E-state index in [2.05, 4.69) is 19.1 Å². The monoisotopic (exact) mass is 337 g/mol. The van der Waals surface area contributed by atoms with E-state index in [0.717, 1.165) is 22.3 Å². The van der Waals surface area contributed by atoms with Gasteiger partial charge in [-0.15, -0.1) is 0 Å². The number of ether oxygens (including phenoxy) is 1. The summed E-state index contributed by atoms with van der Waals surface area (Å²) in [6, 6.07) is 17.5. The van der Waals surface area contributed by atoms with Crippen molar-refractivity contribution in [3.05, 3.63) is 65.7 Å². The molecule has 2 aromatic carbocycles. The Bertz CT molecular complexity index is 876. The first-order chi connectivity index (χ1) is 11.7. The van der Waals surface area contributed by atoms with E-state index in [1.807, 2.05) is 36.4 Å². The van der Waals surface area contributed by atoms with E-state index in [1.54, 1.807) is 13.2 Å². The fourth-order valence-corrected chi connectivity index (χ4v) is 3.52. The smallest absolute Gasteiger partial charge is 0.173 e. The standard InChI is InChI=1S/C20H19NO2S/c1-3-14-11-15-7-4-5-10-18(15)21-20(14)24-13-19(22)16-8-6-9-17(12-16)23-2/h4-12H,3,13H2,1-2H3. The average Bonchev–Trinajstić information content (AvgIpc) is 2.65. The van der Waals surface area contributed by atoms with E-state index in [0.29, 0.717) is 17.1 Å². The van der Waals surface area contributed by atoms with Crippen molar-refractivity contribution in [2.45, 2.75) is 18.4 Å². The lowest BCUT2D eigenvalue weighted by Crippen LogP contribution is -2.04. The average molecular weight is 337 g/mol. The van der Waals surface area contributed by atoms with Crippen molar-refractivity contribution < 1.29 is 9.53 Å². The number of benzene rings is 2. The first kappa shape index (κ1) is 16.5. The normalized spacial score (nSPS) is 10.8. The zero-order valence-corrected chi connectivity index (χ0v) is 14.6. The molecule has 0 saturated carbocycles. The van der Waals surface area contributed by atoms with E-state index < -0.39 is 0 Å². The van der Waals surface area contributed by atoms with Crippen LogP contribution in [0.3, 0.4) is 0 Å². The molecule has 0 aliphatic rings. The van der Waals surface area contributed by atoms with Crippen LogP contribution in [0.4, 0.5) is 0 Å². The maximum Gasteiger partial charge on any atom is 0.173 e. The van der Waals surface area contributed by atoms with Crippen LogP contribution in [0.1, 0.15) is 22.8 Å². The Kier molecular flexibility index (Phi) is 5.16. The van der Waals surface area contributed by atoms with Gasteiger partial charge >= 0.3 is 0 Å². The molecule has 0 unspecified atom stereocenters. The summed E-state index contributed by atoms with van der Waals surface area (Å²) in [6.45, 7) is 2.11. The molecule has 4 heteroatoms. The van der Waals surface area contributed by atoms with Crippen molar-refractivity contribution in [3.63, 3.8) is 0 Å². The van der Waals surface area contributed by atoms with Gasteiger partial charge in [0.15, 0.2) is 5.78 Å². The molecule has 122 valence electrons. The topological polar surface area (TPSA) is 39.2 Å². The fourth-order valence-electron chi connectivity index (χ4n) is 2.53. The van der Waals surface area contributed by atoms with Crippen LogP contribution in [0.5, 0.6) is 5.75 Å². The lowest BCUT2D eigenvalue weighted by Gasteiger charge is -2.09. The zero-order chi connectivity index (χ0) is 16.9. The SMILES string of the molecule is CCc1cc2ccccc2nc1SCC(=O)c1cccc(OC)c1. The predicted octanol–water partition coefficient (Wildman–Crippen LogP) is 4.78. The van der Waals surface area contributed by atoms with E-state index >= 15 is 0 Å². The maximum atomic E-state index is 12.4. The number of hydrogen-bond acceptors (Lipinski definition) is 4. The number of aryl methyl sites for hydroxylation is 1. The molecule has 0 fully saturated rings. The maximum absolute atomic E-state index is 12.4. The second kappa shape index (κ2) is 7.49. The van der Waals surface area contributed by atoms with Crippen LogP contribution in [0, 0.1) is 0 Å². The molecule has 0 bridgehead atoms.